The molecule has 6 nitrogen and oxygen atoms in total. The second kappa shape index (κ2) is 49.0. The monoisotopic (exact) mass is 832 g/mol. The molecule has 0 aromatic carbocycles. The molecule has 0 saturated carbocycles. The summed E-state index contributed by atoms with van der Waals surface area (Å²) in [5.41, 5.74) is 0. The van der Waals surface area contributed by atoms with Gasteiger partial charge in [-0.1, -0.05) is 231 Å². The first kappa shape index (κ1) is 57.3. The van der Waals surface area contributed by atoms with Gasteiger partial charge in [0.1, 0.15) is 0 Å². The second-order valence-corrected chi connectivity index (χ2v) is 17.9. The van der Waals surface area contributed by atoms with Crippen molar-refractivity contribution in [2.75, 3.05) is 13.2 Å². The molecule has 0 aliphatic rings. The van der Waals surface area contributed by atoms with Crippen LogP contribution in [-0.4, -0.2) is 47.4 Å². The van der Waals surface area contributed by atoms with Gasteiger partial charge in [-0.05, 0) is 57.8 Å². The molecule has 0 aliphatic heterocycles. The van der Waals surface area contributed by atoms with Crippen molar-refractivity contribution in [2.24, 2.45) is 0 Å². The molecule has 0 spiro atoms. The summed E-state index contributed by atoms with van der Waals surface area (Å²) in [6, 6.07) is -0.633. The maximum Gasteiger partial charge on any atom is 0.305 e. The highest BCUT2D eigenvalue weighted by atomic mass is 16.5. The summed E-state index contributed by atoms with van der Waals surface area (Å²) in [6.07, 6.45) is 57.6. The van der Waals surface area contributed by atoms with Gasteiger partial charge in [0.2, 0.25) is 5.91 Å². The maximum atomic E-state index is 12.4. The second-order valence-electron chi connectivity index (χ2n) is 17.9. The summed E-state index contributed by atoms with van der Waals surface area (Å²) in [5.74, 6) is -0.0858. The summed E-state index contributed by atoms with van der Waals surface area (Å²) in [6.45, 7) is 4.85. The first-order valence-electron chi connectivity index (χ1n) is 26.1. The molecule has 348 valence electrons. The Morgan fingerprint density at radius 2 is 0.797 bits per heavy atom. The third-order valence-corrected chi connectivity index (χ3v) is 12.0. The van der Waals surface area contributed by atoms with Crippen LogP contribution in [0.3, 0.4) is 0 Å². The molecule has 0 bridgehead atoms. The molecule has 2 unspecified atom stereocenters. The number of aliphatic hydroxyl groups excluding tert-OH is 2. The molecule has 0 aliphatic carbocycles. The lowest BCUT2D eigenvalue weighted by Gasteiger charge is -2.20. The maximum absolute atomic E-state index is 12.4. The van der Waals surface area contributed by atoms with Gasteiger partial charge in [0.15, 0.2) is 0 Å². The number of unbranched alkanes of at least 4 members (excludes halogenated alkanes) is 35. The number of ether oxygens (including phenoxy) is 1. The third kappa shape index (κ3) is 45.7. The Morgan fingerprint density at radius 1 is 0.458 bits per heavy atom. The standard InChI is InChI=1S/C53H101NO5/c1-3-5-7-9-11-13-14-15-16-17-18-19-20-24-27-31-35-39-43-47-53(58)59-48-44-40-36-32-28-25-22-21-23-26-30-34-38-42-46-52(57)54-50(49-55)51(56)45-41-37-33-29-12-10-8-6-4-2/h15-16,41,45,50-51,55-56H,3-14,17-40,42-44,46-49H2,1-2H3,(H,54,57)/b16-15-,45-41+. The van der Waals surface area contributed by atoms with E-state index >= 15 is 0 Å². The number of allylic oxidation sites excluding steroid dienone is 3. The van der Waals surface area contributed by atoms with Crippen molar-refractivity contribution >= 4 is 11.9 Å². The van der Waals surface area contributed by atoms with E-state index in [4.69, 9.17) is 4.74 Å². The van der Waals surface area contributed by atoms with Crippen LogP contribution in [0, 0.1) is 0 Å². The molecular formula is C53H101NO5. The summed E-state index contributed by atoms with van der Waals surface area (Å²) < 4.78 is 5.48. The smallest absolute Gasteiger partial charge is 0.305 e. The van der Waals surface area contributed by atoms with Crippen molar-refractivity contribution in [1.82, 2.24) is 5.32 Å². The van der Waals surface area contributed by atoms with Crippen LogP contribution in [0.5, 0.6) is 0 Å². The molecule has 0 radical (unpaired) electrons. The average molecular weight is 832 g/mol. The minimum absolute atomic E-state index is 0.00450. The van der Waals surface area contributed by atoms with E-state index < -0.39 is 12.1 Å². The SMILES string of the molecule is CCCCCCCC/C=C\CCCCCCCCCCCC(=O)OCCCCCCCCCCCCCCCCC(=O)NC(CO)C(O)/C=C/CCCCCCCCC. The Balaban J connectivity index is 3.41. The van der Waals surface area contributed by atoms with Crippen molar-refractivity contribution < 1.29 is 24.5 Å². The van der Waals surface area contributed by atoms with E-state index in [1.54, 1.807) is 6.08 Å². The van der Waals surface area contributed by atoms with Crippen LogP contribution in [0.15, 0.2) is 24.3 Å². The van der Waals surface area contributed by atoms with Gasteiger partial charge < -0.3 is 20.3 Å². The quantitative estimate of drug-likeness (QED) is 0.0322. The van der Waals surface area contributed by atoms with Crippen LogP contribution in [0.2, 0.25) is 0 Å². The molecule has 0 fully saturated rings. The molecule has 3 N–H and O–H groups in total. The molecule has 59 heavy (non-hydrogen) atoms. The lowest BCUT2D eigenvalue weighted by Crippen LogP contribution is -2.45. The van der Waals surface area contributed by atoms with Gasteiger partial charge >= 0.3 is 5.97 Å². The molecular weight excluding hydrogens is 731 g/mol. The number of hydrogen-bond donors (Lipinski definition) is 3. The van der Waals surface area contributed by atoms with Gasteiger partial charge in [-0.3, -0.25) is 9.59 Å². The van der Waals surface area contributed by atoms with Gasteiger partial charge in [0, 0.05) is 12.8 Å². The topological polar surface area (TPSA) is 95.9 Å². The Kier molecular flexibility index (Phi) is 47.6. The van der Waals surface area contributed by atoms with E-state index in [1.807, 2.05) is 6.08 Å². The summed E-state index contributed by atoms with van der Waals surface area (Å²) in [5, 5.41) is 22.9. The van der Waals surface area contributed by atoms with Crippen LogP contribution in [0.1, 0.15) is 277 Å². The van der Waals surface area contributed by atoms with E-state index in [0.29, 0.717) is 19.4 Å². The number of carbonyl (C=O) groups is 2. The zero-order valence-corrected chi connectivity index (χ0v) is 39.5. The average Bonchev–Trinajstić information content (AvgIpc) is 3.24. The molecule has 0 aromatic heterocycles. The zero-order chi connectivity index (χ0) is 43.0. The number of hydrogen-bond acceptors (Lipinski definition) is 5. The van der Waals surface area contributed by atoms with Gasteiger partial charge in [0.25, 0.3) is 0 Å². The van der Waals surface area contributed by atoms with Gasteiger partial charge in [-0.25, -0.2) is 0 Å². The fourth-order valence-electron chi connectivity index (χ4n) is 7.92. The van der Waals surface area contributed by atoms with Crippen LogP contribution in [0.4, 0.5) is 0 Å². The van der Waals surface area contributed by atoms with E-state index in [-0.39, 0.29) is 18.5 Å². The number of nitrogens with one attached hydrogen (secondary N) is 1. The van der Waals surface area contributed by atoms with Crippen LogP contribution < -0.4 is 5.32 Å². The molecule has 6 heteroatoms. The highest BCUT2D eigenvalue weighted by Crippen LogP contribution is 2.16. The highest BCUT2D eigenvalue weighted by Gasteiger charge is 2.18. The van der Waals surface area contributed by atoms with Gasteiger partial charge in [-0.15, -0.1) is 0 Å². The third-order valence-electron chi connectivity index (χ3n) is 12.0. The van der Waals surface area contributed by atoms with Gasteiger partial charge in [-0.2, -0.15) is 0 Å². The zero-order valence-electron chi connectivity index (χ0n) is 39.5. The Morgan fingerprint density at radius 3 is 1.20 bits per heavy atom. The summed E-state index contributed by atoms with van der Waals surface area (Å²) >= 11 is 0. The van der Waals surface area contributed by atoms with Crippen LogP contribution >= 0.6 is 0 Å². The predicted octanol–water partition coefficient (Wildman–Crippen LogP) is 15.5. The van der Waals surface area contributed by atoms with Crippen molar-refractivity contribution in [3.63, 3.8) is 0 Å². The van der Waals surface area contributed by atoms with Crippen molar-refractivity contribution in [2.45, 2.75) is 289 Å². The lowest BCUT2D eigenvalue weighted by atomic mass is 10.0. The molecule has 2 atom stereocenters. The Hall–Kier alpha value is -1.66. The van der Waals surface area contributed by atoms with Crippen molar-refractivity contribution in [1.29, 1.82) is 0 Å². The first-order valence-corrected chi connectivity index (χ1v) is 26.1. The number of carbonyl (C=O) groups excluding carboxylic acids is 2. The molecule has 1 amide bonds. The molecule has 0 rings (SSSR count). The normalized spacial score (nSPS) is 12.8. The van der Waals surface area contributed by atoms with Crippen LogP contribution in [-0.2, 0) is 14.3 Å². The molecule has 0 aromatic rings. The van der Waals surface area contributed by atoms with E-state index in [1.165, 1.54) is 193 Å². The van der Waals surface area contributed by atoms with E-state index in [9.17, 15) is 19.8 Å². The number of rotatable bonds is 48. The van der Waals surface area contributed by atoms with Crippen molar-refractivity contribution in [3.05, 3.63) is 24.3 Å². The van der Waals surface area contributed by atoms with E-state index in [2.05, 4.69) is 31.3 Å². The highest BCUT2D eigenvalue weighted by molar-refractivity contribution is 5.76. The first-order chi connectivity index (χ1) is 29.0. The largest absolute Gasteiger partial charge is 0.466 e. The number of aliphatic hydroxyl groups is 2. The van der Waals surface area contributed by atoms with Gasteiger partial charge in [0.05, 0.1) is 25.4 Å². The lowest BCUT2D eigenvalue weighted by molar-refractivity contribution is -0.143. The Bertz CT molecular complexity index is 920. The minimum Gasteiger partial charge on any atom is -0.466 e. The minimum atomic E-state index is -0.849. The summed E-state index contributed by atoms with van der Waals surface area (Å²) in [4.78, 5) is 24.4. The molecule has 0 saturated heterocycles. The van der Waals surface area contributed by atoms with Crippen LogP contribution in [0.25, 0.3) is 0 Å². The fraction of sp³-hybridized carbons (Fsp3) is 0.887. The fourth-order valence-corrected chi connectivity index (χ4v) is 7.92. The Labute approximate surface area is 367 Å². The number of esters is 1. The summed E-state index contributed by atoms with van der Waals surface area (Å²) in [7, 11) is 0. The molecule has 0 heterocycles. The van der Waals surface area contributed by atoms with E-state index in [0.717, 1.165) is 57.8 Å². The van der Waals surface area contributed by atoms with Crippen molar-refractivity contribution in [3.8, 4) is 0 Å². The number of amides is 1. The predicted molar refractivity (Wildman–Crippen MR) is 255 cm³/mol.